The first-order chi connectivity index (χ1) is 16.4. The van der Waals surface area contributed by atoms with Crippen molar-refractivity contribution in [2.24, 2.45) is 0 Å². The van der Waals surface area contributed by atoms with Crippen LogP contribution < -0.4 is 9.21 Å². The van der Waals surface area contributed by atoms with Gasteiger partial charge in [-0.05, 0) is 43.2 Å². The number of nitrogens with zero attached hydrogens (tertiary/aromatic N) is 2. The second-order valence-electron chi connectivity index (χ2n) is 9.22. The summed E-state index contributed by atoms with van der Waals surface area (Å²) in [6.45, 7) is 5.94. The Hall–Kier alpha value is -3.16. The Kier molecular flexibility index (Phi) is 6.15. The number of carbonyl (C=O) groups excluding carboxylic acids is 1. The quantitative estimate of drug-likeness (QED) is 0.615. The molecule has 176 valence electrons. The molecule has 2 aliphatic rings. The number of hydrogen-bond acceptors (Lipinski definition) is 3. The van der Waals surface area contributed by atoms with Crippen molar-refractivity contribution in [1.29, 1.82) is 0 Å². The zero-order valence-corrected chi connectivity index (χ0v) is 20.2. The van der Waals surface area contributed by atoms with Gasteiger partial charge in [0.25, 0.3) is 15.9 Å². The zero-order chi connectivity index (χ0) is 23.7. The van der Waals surface area contributed by atoms with Crippen LogP contribution in [0.15, 0.2) is 83.8 Å². The molecule has 0 spiro atoms. The molecule has 2 heterocycles. The van der Waals surface area contributed by atoms with Gasteiger partial charge in [-0.25, -0.2) is 8.42 Å². The molecule has 1 N–H and O–H groups in total. The molecule has 0 saturated carbocycles. The minimum absolute atomic E-state index is 0.106. The van der Waals surface area contributed by atoms with Crippen LogP contribution in [0.4, 0.5) is 5.69 Å². The van der Waals surface area contributed by atoms with E-state index in [1.54, 1.807) is 18.2 Å². The Morgan fingerprint density at radius 1 is 0.941 bits per heavy atom. The summed E-state index contributed by atoms with van der Waals surface area (Å²) in [6.07, 6.45) is 0.684. The molecule has 5 rings (SSSR count). The number of sulfonamides is 1. The number of carbonyl (C=O) groups is 1. The number of benzene rings is 3. The van der Waals surface area contributed by atoms with Gasteiger partial charge in [-0.15, -0.1) is 0 Å². The van der Waals surface area contributed by atoms with E-state index in [1.165, 1.54) is 20.8 Å². The summed E-state index contributed by atoms with van der Waals surface area (Å²) in [5.41, 5.74) is 3.48. The van der Waals surface area contributed by atoms with Crippen molar-refractivity contribution in [3.05, 3.63) is 95.6 Å². The van der Waals surface area contributed by atoms with Crippen LogP contribution in [0.3, 0.4) is 0 Å². The summed E-state index contributed by atoms with van der Waals surface area (Å²) < 4.78 is 28.6. The Labute approximate surface area is 201 Å². The van der Waals surface area contributed by atoms with Crippen LogP contribution in [-0.4, -0.2) is 51.4 Å². The smallest absolute Gasteiger partial charge is 0.264 e. The number of piperazine rings is 1. The molecule has 1 amide bonds. The molecule has 1 fully saturated rings. The molecule has 0 aromatic heterocycles. The molecule has 3 aromatic carbocycles. The van der Waals surface area contributed by atoms with E-state index >= 15 is 0 Å². The second-order valence-corrected chi connectivity index (χ2v) is 11.0. The number of hydrogen-bond donors (Lipinski definition) is 1. The standard InChI is InChI=1S/C27H29N3O3S/c1-21-18-23-10-5-6-13-26(23)30(21)34(32,33)25-12-7-11-24(19-25)27(31)29-16-14-28(15-17-29)20-22-8-3-2-4-9-22/h2-13,19,21H,14-18,20H2,1H3/p+1/t21-/m0/s1. The Morgan fingerprint density at radius 2 is 1.65 bits per heavy atom. The van der Waals surface area contributed by atoms with Crippen molar-refractivity contribution in [2.45, 2.75) is 30.8 Å². The highest BCUT2D eigenvalue weighted by molar-refractivity contribution is 7.92. The maximum atomic E-state index is 13.6. The van der Waals surface area contributed by atoms with Crippen molar-refractivity contribution in [3.8, 4) is 0 Å². The van der Waals surface area contributed by atoms with E-state index in [4.69, 9.17) is 0 Å². The monoisotopic (exact) mass is 476 g/mol. The van der Waals surface area contributed by atoms with Gasteiger partial charge < -0.3 is 9.80 Å². The van der Waals surface area contributed by atoms with Gasteiger partial charge in [-0.1, -0.05) is 54.6 Å². The summed E-state index contributed by atoms with van der Waals surface area (Å²) in [5, 5.41) is 0. The number of anilines is 1. The van der Waals surface area contributed by atoms with E-state index in [0.717, 1.165) is 30.9 Å². The van der Waals surface area contributed by atoms with Crippen LogP contribution in [0.1, 0.15) is 28.4 Å². The van der Waals surface area contributed by atoms with Crippen LogP contribution in [0.2, 0.25) is 0 Å². The average Bonchev–Trinajstić information content (AvgIpc) is 3.21. The van der Waals surface area contributed by atoms with Gasteiger partial charge >= 0.3 is 0 Å². The molecule has 0 aliphatic carbocycles. The van der Waals surface area contributed by atoms with Crippen molar-refractivity contribution >= 4 is 21.6 Å². The van der Waals surface area contributed by atoms with Gasteiger partial charge in [0.05, 0.1) is 36.8 Å². The van der Waals surface area contributed by atoms with Crippen LogP contribution >= 0.6 is 0 Å². The van der Waals surface area contributed by atoms with Crippen LogP contribution in [0.25, 0.3) is 0 Å². The topological polar surface area (TPSA) is 62.1 Å². The fourth-order valence-corrected chi connectivity index (χ4v) is 6.82. The first kappa shape index (κ1) is 22.6. The van der Waals surface area contributed by atoms with Crippen LogP contribution in [0.5, 0.6) is 0 Å². The number of rotatable bonds is 5. The maximum absolute atomic E-state index is 13.6. The fourth-order valence-electron chi connectivity index (χ4n) is 5.08. The average molecular weight is 477 g/mol. The molecule has 3 aromatic rings. The SMILES string of the molecule is C[C@H]1Cc2ccccc2N1S(=O)(=O)c1cccc(C(=O)N2CC[NH+](Cc3ccccc3)CC2)c1. The first-order valence-electron chi connectivity index (χ1n) is 11.8. The molecule has 7 heteroatoms. The third-order valence-electron chi connectivity index (χ3n) is 6.84. The predicted octanol–water partition coefficient (Wildman–Crippen LogP) is 2.37. The lowest BCUT2D eigenvalue weighted by atomic mass is 10.1. The Morgan fingerprint density at radius 3 is 2.41 bits per heavy atom. The highest BCUT2D eigenvalue weighted by Crippen LogP contribution is 2.36. The first-order valence-corrected chi connectivity index (χ1v) is 13.3. The van der Waals surface area contributed by atoms with Crippen LogP contribution in [0, 0.1) is 0 Å². The number of amides is 1. The molecule has 0 unspecified atom stereocenters. The number of para-hydroxylation sites is 1. The molecule has 6 nitrogen and oxygen atoms in total. The number of nitrogens with one attached hydrogen (secondary N) is 1. The normalized spacial score (nSPS) is 18.7. The lowest BCUT2D eigenvalue weighted by molar-refractivity contribution is -0.917. The van der Waals surface area contributed by atoms with E-state index in [9.17, 15) is 13.2 Å². The van der Waals surface area contributed by atoms with Crippen molar-refractivity contribution in [1.82, 2.24) is 4.90 Å². The van der Waals surface area contributed by atoms with Gasteiger partial charge in [0.2, 0.25) is 0 Å². The minimum Gasteiger partial charge on any atom is -0.328 e. The van der Waals surface area contributed by atoms with E-state index in [-0.39, 0.29) is 16.8 Å². The molecule has 0 radical (unpaired) electrons. The van der Waals surface area contributed by atoms with Gasteiger partial charge in [0.15, 0.2) is 0 Å². The predicted molar refractivity (Wildman–Crippen MR) is 132 cm³/mol. The molecule has 0 bridgehead atoms. The van der Waals surface area contributed by atoms with E-state index in [2.05, 4.69) is 24.3 Å². The van der Waals surface area contributed by atoms with E-state index in [1.807, 2.05) is 42.2 Å². The molecular weight excluding hydrogens is 446 g/mol. The number of fused-ring (bicyclic) bond motifs is 1. The van der Waals surface area contributed by atoms with E-state index < -0.39 is 10.0 Å². The summed E-state index contributed by atoms with van der Waals surface area (Å²) >= 11 is 0. The Bertz CT molecular complexity index is 1290. The molecule has 2 aliphatic heterocycles. The van der Waals surface area contributed by atoms with Gasteiger partial charge in [0.1, 0.15) is 6.54 Å². The fraction of sp³-hybridized carbons (Fsp3) is 0.296. The molecule has 34 heavy (non-hydrogen) atoms. The summed E-state index contributed by atoms with van der Waals surface area (Å²) in [4.78, 5) is 16.7. The lowest BCUT2D eigenvalue weighted by Gasteiger charge is -2.32. The molecule has 1 atom stereocenters. The number of quaternary nitrogens is 1. The van der Waals surface area contributed by atoms with Crippen molar-refractivity contribution < 1.29 is 18.1 Å². The van der Waals surface area contributed by atoms with Gasteiger partial charge in [0, 0.05) is 17.2 Å². The largest absolute Gasteiger partial charge is 0.328 e. The van der Waals surface area contributed by atoms with E-state index in [0.29, 0.717) is 25.1 Å². The van der Waals surface area contributed by atoms with Crippen molar-refractivity contribution in [3.63, 3.8) is 0 Å². The lowest BCUT2D eigenvalue weighted by Crippen LogP contribution is -3.13. The minimum atomic E-state index is -3.77. The molecule has 1 saturated heterocycles. The van der Waals surface area contributed by atoms with Crippen molar-refractivity contribution in [2.75, 3.05) is 30.5 Å². The maximum Gasteiger partial charge on any atom is 0.264 e. The summed E-state index contributed by atoms with van der Waals surface area (Å²) in [5.74, 6) is -0.106. The Balaban J connectivity index is 1.30. The van der Waals surface area contributed by atoms with Gasteiger partial charge in [-0.3, -0.25) is 9.10 Å². The second kappa shape index (κ2) is 9.24. The highest BCUT2D eigenvalue weighted by atomic mass is 32.2. The van der Waals surface area contributed by atoms with Crippen LogP contribution in [-0.2, 0) is 23.0 Å². The third-order valence-corrected chi connectivity index (χ3v) is 8.76. The zero-order valence-electron chi connectivity index (χ0n) is 19.4. The summed E-state index contributed by atoms with van der Waals surface area (Å²) in [7, 11) is -3.77. The highest BCUT2D eigenvalue weighted by Gasteiger charge is 2.36. The third kappa shape index (κ3) is 4.33. The summed E-state index contributed by atoms with van der Waals surface area (Å²) in [6, 6.07) is 24.4. The molecular formula is C27H30N3O3S+. The van der Waals surface area contributed by atoms with Gasteiger partial charge in [-0.2, -0.15) is 0 Å².